The average Bonchev–Trinajstić information content (AvgIpc) is 3.22. The van der Waals surface area contributed by atoms with Gasteiger partial charge in [-0.1, -0.05) is 12.1 Å². The predicted octanol–water partition coefficient (Wildman–Crippen LogP) is 3.03. The standard InChI is InChI=1S/C15H10N6OS/c23-15-20-19-14(13-6-3-7-22-13)21(15)17-9-10-8-16-11-4-1-2-5-12(11)18-10/h1-9H,(H,20,23)/b17-9-. The van der Waals surface area contributed by atoms with Crippen molar-refractivity contribution in [1.82, 2.24) is 24.8 Å². The molecule has 0 atom stereocenters. The van der Waals surface area contributed by atoms with Gasteiger partial charge in [0.2, 0.25) is 10.6 Å². The number of furan rings is 1. The Labute approximate surface area is 135 Å². The summed E-state index contributed by atoms with van der Waals surface area (Å²) in [6.07, 6.45) is 4.80. The summed E-state index contributed by atoms with van der Waals surface area (Å²) < 4.78 is 7.17. The van der Waals surface area contributed by atoms with Gasteiger partial charge in [0, 0.05) is 0 Å². The van der Waals surface area contributed by atoms with Crippen LogP contribution in [0.15, 0.2) is 58.4 Å². The molecule has 1 N–H and O–H groups in total. The van der Waals surface area contributed by atoms with E-state index < -0.39 is 0 Å². The number of nitrogens with zero attached hydrogens (tertiary/aromatic N) is 5. The molecule has 8 heteroatoms. The Kier molecular flexibility index (Phi) is 3.28. The van der Waals surface area contributed by atoms with E-state index in [0.29, 0.717) is 22.0 Å². The molecule has 112 valence electrons. The zero-order valence-corrected chi connectivity index (χ0v) is 12.6. The number of para-hydroxylation sites is 2. The highest BCUT2D eigenvalue weighted by atomic mass is 32.1. The summed E-state index contributed by atoms with van der Waals surface area (Å²) in [5.74, 6) is 1.06. The van der Waals surface area contributed by atoms with E-state index in [-0.39, 0.29) is 0 Å². The maximum atomic E-state index is 5.33. The van der Waals surface area contributed by atoms with Gasteiger partial charge in [-0.05, 0) is 36.5 Å². The lowest BCUT2D eigenvalue weighted by molar-refractivity contribution is 0.573. The van der Waals surface area contributed by atoms with Crippen LogP contribution in [0.4, 0.5) is 0 Å². The highest BCUT2D eigenvalue weighted by Crippen LogP contribution is 2.17. The lowest BCUT2D eigenvalue weighted by atomic mass is 10.3. The molecule has 0 amide bonds. The molecule has 1 aromatic carbocycles. The van der Waals surface area contributed by atoms with Crippen molar-refractivity contribution in [2.45, 2.75) is 0 Å². The molecule has 0 spiro atoms. The third-order valence-corrected chi connectivity index (χ3v) is 3.43. The summed E-state index contributed by atoms with van der Waals surface area (Å²) in [5, 5.41) is 11.2. The third kappa shape index (κ3) is 2.55. The van der Waals surface area contributed by atoms with Gasteiger partial charge in [0.25, 0.3) is 0 Å². The molecule has 0 aliphatic rings. The molecule has 0 aliphatic heterocycles. The second-order valence-corrected chi connectivity index (χ2v) is 5.06. The van der Waals surface area contributed by atoms with E-state index in [0.717, 1.165) is 11.0 Å². The second kappa shape index (κ2) is 5.58. The molecule has 7 nitrogen and oxygen atoms in total. The number of benzene rings is 1. The summed E-state index contributed by atoms with van der Waals surface area (Å²) in [7, 11) is 0. The van der Waals surface area contributed by atoms with Crippen molar-refractivity contribution in [1.29, 1.82) is 0 Å². The first-order valence-corrected chi connectivity index (χ1v) is 7.19. The number of rotatable bonds is 3. The summed E-state index contributed by atoms with van der Waals surface area (Å²) in [5.41, 5.74) is 2.26. The van der Waals surface area contributed by atoms with Crippen molar-refractivity contribution < 1.29 is 4.42 Å². The van der Waals surface area contributed by atoms with Gasteiger partial charge in [0.05, 0.1) is 29.7 Å². The summed E-state index contributed by atoms with van der Waals surface area (Å²) in [4.78, 5) is 8.83. The van der Waals surface area contributed by atoms with Gasteiger partial charge in [-0.25, -0.2) is 10.1 Å². The highest BCUT2D eigenvalue weighted by molar-refractivity contribution is 7.71. The normalized spacial score (nSPS) is 11.5. The van der Waals surface area contributed by atoms with E-state index in [2.05, 4.69) is 25.3 Å². The number of aromatic nitrogens is 5. The molecular weight excluding hydrogens is 312 g/mol. The first-order chi connectivity index (χ1) is 11.3. The molecule has 0 saturated carbocycles. The van der Waals surface area contributed by atoms with E-state index in [1.807, 2.05) is 24.3 Å². The number of H-pyrrole nitrogens is 1. The Hall–Kier alpha value is -3.13. The van der Waals surface area contributed by atoms with Crippen LogP contribution in [0.3, 0.4) is 0 Å². The summed E-state index contributed by atoms with van der Waals surface area (Å²) in [6, 6.07) is 11.2. The molecule has 3 heterocycles. The molecule has 0 fully saturated rings. The van der Waals surface area contributed by atoms with Crippen molar-refractivity contribution in [3.05, 3.63) is 59.3 Å². The largest absolute Gasteiger partial charge is 0.461 e. The van der Waals surface area contributed by atoms with E-state index in [1.165, 1.54) is 4.68 Å². The molecule has 3 aromatic heterocycles. The molecule has 0 radical (unpaired) electrons. The van der Waals surface area contributed by atoms with E-state index in [9.17, 15) is 0 Å². The quantitative estimate of drug-likeness (QED) is 0.463. The van der Waals surface area contributed by atoms with Crippen molar-refractivity contribution in [2.75, 3.05) is 0 Å². The molecule has 4 rings (SSSR count). The molecule has 0 saturated heterocycles. The maximum Gasteiger partial charge on any atom is 0.219 e. The Balaban J connectivity index is 1.73. The lowest BCUT2D eigenvalue weighted by Gasteiger charge is -1.99. The smallest absolute Gasteiger partial charge is 0.219 e. The van der Waals surface area contributed by atoms with Crippen LogP contribution < -0.4 is 0 Å². The maximum absolute atomic E-state index is 5.33. The lowest BCUT2D eigenvalue weighted by Crippen LogP contribution is -1.96. The van der Waals surface area contributed by atoms with Gasteiger partial charge in [-0.2, -0.15) is 9.78 Å². The van der Waals surface area contributed by atoms with Crippen LogP contribution >= 0.6 is 12.2 Å². The number of fused-ring (bicyclic) bond motifs is 1. The monoisotopic (exact) mass is 322 g/mol. The van der Waals surface area contributed by atoms with Crippen LogP contribution in [-0.2, 0) is 0 Å². The van der Waals surface area contributed by atoms with Gasteiger partial charge in [0.1, 0.15) is 5.69 Å². The van der Waals surface area contributed by atoms with Crippen molar-refractivity contribution >= 4 is 29.5 Å². The minimum Gasteiger partial charge on any atom is -0.461 e. The third-order valence-electron chi connectivity index (χ3n) is 3.16. The van der Waals surface area contributed by atoms with E-state index in [1.54, 1.807) is 30.8 Å². The van der Waals surface area contributed by atoms with Gasteiger partial charge in [-0.15, -0.1) is 5.10 Å². The fourth-order valence-corrected chi connectivity index (χ4v) is 2.29. The summed E-state index contributed by atoms with van der Waals surface area (Å²) in [6.45, 7) is 0. The van der Waals surface area contributed by atoms with Crippen LogP contribution in [0.25, 0.3) is 22.6 Å². The minimum atomic E-state index is 0.362. The van der Waals surface area contributed by atoms with Crippen molar-refractivity contribution in [3.8, 4) is 11.6 Å². The molecule has 0 unspecified atom stereocenters. The highest BCUT2D eigenvalue weighted by Gasteiger charge is 2.10. The predicted molar refractivity (Wildman–Crippen MR) is 87.6 cm³/mol. The first kappa shape index (κ1) is 13.5. The SMILES string of the molecule is S=c1[nH]nc(-c2ccco2)n1/N=C\c1cnc2ccccc2n1. The molecule has 0 bridgehead atoms. The van der Waals surface area contributed by atoms with Crippen molar-refractivity contribution in [3.63, 3.8) is 0 Å². The van der Waals surface area contributed by atoms with Crippen molar-refractivity contribution in [2.24, 2.45) is 5.10 Å². The molecular formula is C15H10N6OS. The Morgan fingerprint density at radius 2 is 2.04 bits per heavy atom. The number of aromatic amines is 1. The van der Waals surface area contributed by atoms with E-state index >= 15 is 0 Å². The second-order valence-electron chi connectivity index (χ2n) is 4.67. The molecule has 4 aromatic rings. The van der Waals surface area contributed by atoms with Crippen LogP contribution in [0.5, 0.6) is 0 Å². The zero-order valence-electron chi connectivity index (χ0n) is 11.7. The van der Waals surface area contributed by atoms with Crippen LogP contribution in [0.2, 0.25) is 0 Å². The Morgan fingerprint density at radius 3 is 2.87 bits per heavy atom. The molecule has 0 aliphatic carbocycles. The Morgan fingerprint density at radius 1 is 1.17 bits per heavy atom. The van der Waals surface area contributed by atoms with Crippen LogP contribution in [0, 0.1) is 4.77 Å². The van der Waals surface area contributed by atoms with Gasteiger partial charge in [0.15, 0.2) is 5.76 Å². The fourth-order valence-electron chi connectivity index (χ4n) is 2.11. The topological polar surface area (TPSA) is 84.9 Å². The van der Waals surface area contributed by atoms with E-state index in [4.69, 9.17) is 16.6 Å². The van der Waals surface area contributed by atoms with Crippen LogP contribution in [0.1, 0.15) is 5.69 Å². The average molecular weight is 322 g/mol. The fraction of sp³-hybridized carbons (Fsp3) is 0. The first-order valence-electron chi connectivity index (χ1n) is 6.79. The zero-order chi connectivity index (χ0) is 15.6. The number of hydrogen-bond donors (Lipinski definition) is 1. The number of nitrogens with one attached hydrogen (secondary N) is 1. The number of hydrogen-bond acceptors (Lipinski definition) is 6. The minimum absolute atomic E-state index is 0.362. The Bertz CT molecular complexity index is 1050. The van der Waals surface area contributed by atoms with Gasteiger partial charge < -0.3 is 4.42 Å². The molecule has 23 heavy (non-hydrogen) atoms. The summed E-state index contributed by atoms with van der Waals surface area (Å²) >= 11 is 5.19. The van der Waals surface area contributed by atoms with Gasteiger partial charge >= 0.3 is 0 Å². The van der Waals surface area contributed by atoms with Crippen LogP contribution in [-0.4, -0.2) is 31.1 Å². The van der Waals surface area contributed by atoms with Gasteiger partial charge in [-0.3, -0.25) is 4.98 Å².